The van der Waals surface area contributed by atoms with E-state index in [0.29, 0.717) is 28.6 Å². The average molecular weight is 305 g/mol. The maximum absolute atomic E-state index is 11.8. The smallest absolute Gasteiger partial charge is 0.338 e. The number of benzene rings is 2. The number of hydrogen-bond acceptors (Lipinski definition) is 4. The number of anilines is 3. The highest BCUT2D eigenvalue weighted by atomic mass is 35.5. The number of halogens is 1. The van der Waals surface area contributed by atoms with Crippen LogP contribution < -0.4 is 11.1 Å². The topological polar surface area (TPSA) is 64.3 Å². The highest BCUT2D eigenvalue weighted by molar-refractivity contribution is 6.33. The minimum absolute atomic E-state index is 0.329. The Kier molecular flexibility index (Phi) is 4.70. The van der Waals surface area contributed by atoms with Gasteiger partial charge in [0, 0.05) is 0 Å². The van der Waals surface area contributed by atoms with E-state index in [1.54, 1.807) is 25.1 Å². The number of carbonyl (C=O) groups excluding carboxylic acids is 1. The Labute approximate surface area is 128 Å². The van der Waals surface area contributed by atoms with E-state index in [-0.39, 0.29) is 5.97 Å². The largest absolute Gasteiger partial charge is 0.462 e. The van der Waals surface area contributed by atoms with Crippen LogP contribution in [0.3, 0.4) is 0 Å². The van der Waals surface area contributed by atoms with Crippen molar-refractivity contribution >= 4 is 34.6 Å². The molecule has 0 spiro atoms. The van der Waals surface area contributed by atoms with E-state index in [1.165, 1.54) is 0 Å². The first kappa shape index (κ1) is 15.2. The van der Waals surface area contributed by atoms with Crippen molar-refractivity contribution < 1.29 is 9.53 Å². The molecule has 0 aliphatic heterocycles. The van der Waals surface area contributed by atoms with Crippen LogP contribution in [0.15, 0.2) is 36.4 Å². The number of nitrogen functional groups attached to an aromatic ring is 1. The van der Waals surface area contributed by atoms with Crippen LogP contribution in [-0.2, 0) is 4.74 Å². The number of ether oxygens (including phenoxy) is 1. The fourth-order valence-electron chi connectivity index (χ4n) is 1.87. The summed E-state index contributed by atoms with van der Waals surface area (Å²) in [5, 5.41) is 3.73. The molecule has 0 fully saturated rings. The zero-order valence-electron chi connectivity index (χ0n) is 11.9. The molecule has 2 rings (SSSR count). The van der Waals surface area contributed by atoms with Gasteiger partial charge in [-0.1, -0.05) is 17.7 Å². The zero-order valence-corrected chi connectivity index (χ0v) is 12.7. The number of nitrogens with two attached hydrogens (primary N) is 1. The van der Waals surface area contributed by atoms with E-state index in [0.717, 1.165) is 11.3 Å². The second kappa shape index (κ2) is 6.50. The van der Waals surface area contributed by atoms with E-state index in [2.05, 4.69) is 5.32 Å². The molecule has 3 N–H and O–H groups in total. The summed E-state index contributed by atoms with van der Waals surface area (Å²) in [5.41, 5.74) is 9.32. The molecular formula is C16H17ClN2O2. The lowest BCUT2D eigenvalue weighted by Crippen LogP contribution is -2.06. The van der Waals surface area contributed by atoms with Crippen molar-refractivity contribution in [1.82, 2.24) is 0 Å². The molecule has 0 saturated heterocycles. The molecule has 4 nitrogen and oxygen atoms in total. The first-order valence-electron chi connectivity index (χ1n) is 6.61. The van der Waals surface area contributed by atoms with Gasteiger partial charge in [0.2, 0.25) is 0 Å². The molecule has 0 unspecified atom stereocenters. The molecule has 0 aliphatic carbocycles. The van der Waals surface area contributed by atoms with Crippen LogP contribution in [0.25, 0.3) is 0 Å². The van der Waals surface area contributed by atoms with Gasteiger partial charge in [0.25, 0.3) is 0 Å². The van der Waals surface area contributed by atoms with Gasteiger partial charge in [-0.15, -0.1) is 0 Å². The van der Waals surface area contributed by atoms with E-state index in [4.69, 9.17) is 22.1 Å². The van der Waals surface area contributed by atoms with Crippen molar-refractivity contribution in [2.24, 2.45) is 0 Å². The number of rotatable bonds is 4. The van der Waals surface area contributed by atoms with Crippen molar-refractivity contribution in [3.63, 3.8) is 0 Å². The average Bonchev–Trinajstić information content (AvgIpc) is 2.44. The Morgan fingerprint density at radius 1 is 1.24 bits per heavy atom. The summed E-state index contributed by atoms with van der Waals surface area (Å²) in [5.74, 6) is -0.379. The fourth-order valence-corrected chi connectivity index (χ4v) is 2.15. The van der Waals surface area contributed by atoms with Crippen LogP contribution in [0, 0.1) is 6.92 Å². The summed E-state index contributed by atoms with van der Waals surface area (Å²) in [6.45, 7) is 4.06. The first-order chi connectivity index (χ1) is 10.0. The Morgan fingerprint density at radius 3 is 2.67 bits per heavy atom. The second-order valence-electron chi connectivity index (χ2n) is 4.63. The van der Waals surface area contributed by atoms with Crippen LogP contribution in [0.1, 0.15) is 22.8 Å². The predicted molar refractivity (Wildman–Crippen MR) is 86.3 cm³/mol. The van der Waals surface area contributed by atoms with Gasteiger partial charge in [0.05, 0.1) is 34.3 Å². The summed E-state index contributed by atoms with van der Waals surface area (Å²) in [6.07, 6.45) is 0. The number of esters is 1. The summed E-state index contributed by atoms with van der Waals surface area (Å²) in [4.78, 5) is 11.8. The SMILES string of the molecule is CCOC(=O)c1ccc(N)c(Nc2ccc(C)cc2Cl)c1. The quantitative estimate of drug-likeness (QED) is 0.658. The third kappa shape index (κ3) is 3.67. The maximum atomic E-state index is 11.8. The van der Waals surface area contributed by atoms with E-state index in [9.17, 15) is 4.79 Å². The van der Waals surface area contributed by atoms with E-state index in [1.807, 2.05) is 25.1 Å². The summed E-state index contributed by atoms with van der Waals surface area (Å²) in [6, 6.07) is 10.6. The monoisotopic (exact) mass is 304 g/mol. The molecule has 2 aromatic carbocycles. The van der Waals surface area contributed by atoms with Crippen LogP contribution in [-0.4, -0.2) is 12.6 Å². The van der Waals surface area contributed by atoms with Crippen LogP contribution >= 0.6 is 11.6 Å². The normalized spacial score (nSPS) is 10.2. The highest BCUT2D eigenvalue weighted by Gasteiger charge is 2.10. The van der Waals surface area contributed by atoms with Gasteiger partial charge in [0.1, 0.15) is 0 Å². The second-order valence-corrected chi connectivity index (χ2v) is 5.04. The fraction of sp³-hybridized carbons (Fsp3) is 0.188. The van der Waals surface area contributed by atoms with Crippen molar-refractivity contribution in [3.05, 3.63) is 52.5 Å². The lowest BCUT2D eigenvalue weighted by Gasteiger charge is -2.12. The van der Waals surface area contributed by atoms with Gasteiger partial charge < -0.3 is 15.8 Å². The molecule has 0 aromatic heterocycles. The van der Waals surface area contributed by atoms with Crippen LogP contribution in [0.4, 0.5) is 17.1 Å². The number of carbonyl (C=O) groups is 1. The van der Waals surface area contributed by atoms with Gasteiger partial charge in [-0.05, 0) is 49.7 Å². The van der Waals surface area contributed by atoms with Gasteiger partial charge in [0.15, 0.2) is 0 Å². The van der Waals surface area contributed by atoms with Crippen LogP contribution in [0.2, 0.25) is 5.02 Å². The van der Waals surface area contributed by atoms with Crippen molar-refractivity contribution in [3.8, 4) is 0 Å². The predicted octanol–water partition coefficient (Wildman–Crippen LogP) is 4.15. The van der Waals surface area contributed by atoms with Gasteiger partial charge >= 0.3 is 5.97 Å². The van der Waals surface area contributed by atoms with Crippen molar-refractivity contribution in [1.29, 1.82) is 0 Å². The molecule has 21 heavy (non-hydrogen) atoms. The maximum Gasteiger partial charge on any atom is 0.338 e. The Balaban J connectivity index is 2.30. The molecular weight excluding hydrogens is 288 g/mol. The molecule has 0 aliphatic rings. The standard InChI is InChI=1S/C16H17ClN2O2/c1-3-21-16(20)11-5-6-13(18)15(9-11)19-14-7-4-10(2)8-12(14)17/h4-9,19H,3,18H2,1-2H3. The van der Waals surface area contributed by atoms with Crippen molar-refractivity contribution in [2.45, 2.75) is 13.8 Å². The highest BCUT2D eigenvalue weighted by Crippen LogP contribution is 2.29. The summed E-state index contributed by atoms with van der Waals surface area (Å²) in [7, 11) is 0. The number of nitrogens with one attached hydrogen (secondary N) is 1. The van der Waals surface area contributed by atoms with E-state index < -0.39 is 0 Å². The third-order valence-corrected chi connectivity index (χ3v) is 3.27. The van der Waals surface area contributed by atoms with Gasteiger partial charge in [-0.25, -0.2) is 4.79 Å². The van der Waals surface area contributed by atoms with Crippen molar-refractivity contribution in [2.75, 3.05) is 17.7 Å². The van der Waals surface area contributed by atoms with E-state index >= 15 is 0 Å². The number of aryl methyl sites for hydroxylation is 1. The summed E-state index contributed by atoms with van der Waals surface area (Å²) >= 11 is 6.19. The molecule has 2 aromatic rings. The lowest BCUT2D eigenvalue weighted by atomic mass is 10.1. The molecule has 0 amide bonds. The Bertz CT molecular complexity index is 671. The first-order valence-corrected chi connectivity index (χ1v) is 6.99. The summed E-state index contributed by atoms with van der Waals surface area (Å²) < 4.78 is 4.98. The lowest BCUT2D eigenvalue weighted by molar-refractivity contribution is 0.0526. The molecule has 5 heteroatoms. The van der Waals surface area contributed by atoms with Gasteiger partial charge in [-0.3, -0.25) is 0 Å². The minimum Gasteiger partial charge on any atom is -0.462 e. The Morgan fingerprint density at radius 2 is 2.00 bits per heavy atom. The van der Waals surface area contributed by atoms with Crippen LogP contribution in [0.5, 0.6) is 0 Å². The molecule has 0 bridgehead atoms. The molecule has 0 saturated carbocycles. The molecule has 0 heterocycles. The molecule has 0 atom stereocenters. The van der Waals surface area contributed by atoms with Gasteiger partial charge in [-0.2, -0.15) is 0 Å². The zero-order chi connectivity index (χ0) is 15.4. The molecule has 110 valence electrons. The minimum atomic E-state index is -0.379. The Hall–Kier alpha value is -2.20. The molecule has 0 radical (unpaired) electrons. The third-order valence-electron chi connectivity index (χ3n) is 2.96. The number of hydrogen-bond donors (Lipinski definition) is 2.